The van der Waals surface area contributed by atoms with Crippen molar-refractivity contribution in [2.24, 2.45) is 4.99 Å². The van der Waals surface area contributed by atoms with Crippen LogP contribution < -0.4 is 5.73 Å². The van der Waals surface area contributed by atoms with Crippen molar-refractivity contribution < 1.29 is 0 Å². The van der Waals surface area contributed by atoms with E-state index in [2.05, 4.69) is 4.99 Å². The van der Waals surface area contributed by atoms with E-state index >= 15 is 0 Å². The van der Waals surface area contributed by atoms with Gasteiger partial charge in [0.2, 0.25) is 0 Å². The summed E-state index contributed by atoms with van der Waals surface area (Å²) in [6.07, 6.45) is 13.6. The SMILES string of the molecule is CCN=C\C=C/C=C/C=C/c1ccc(N)cc1. The Morgan fingerprint density at radius 2 is 1.65 bits per heavy atom. The summed E-state index contributed by atoms with van der Waals surface area (Å²) in [5.74, 6) is 0. The minimum absolute atomic E-state index is 0.788. The Hall–Kier alpha value is -2.09. The third kappa shape index (κ3) is 6.15. The average molecular weight is 226 g/mol. The van der Waals surface area contributed by atoms with Crippen molar-refractivity contribution in [3.05, 3.63) is 60.2 Å². The zero-order valence-electron chi connectivity index (χ0n) is 10.1. The molecule has 1 rings (SSSR count). The minimum Gasteiger partial charge on any atom is -0.399 e. The summed E-state index contributed by atoms with van der Waals surface area (Å²) >= 11 is 0. The molecule has 0 aliphatic rings. The zero-order chi connectivity index (χ0) is 12.3. The number of hydrogen-bond donors (Lipinski definition) is 1. The van der Waals surface area contributed by atoms with Gasteiger partial charge in [-0.15, -0.1) is 0 Å². The molecule has 0 saturated carbocycles. The number of rotatable bonds is 5. The van der Waals surface area contributed by atoms with Crippen LogP contribution in [0.15, 0.2) is 59.6 Å². The summed E-state index contributed by atoms with van der Waals surface area (Å²) in [7, 11) is 0. The fraction of sp³-hybridized carbons (Fsp3) is 0.133. The third-order valence-electron chi connectivity index (χ3n) is 2.04. The van der Waals surface area contributed by atoms with E-state index < -0.39 is 0 Å². The number of allylic oxidation sites excluding steroid dienone is 5. The molecule has 0 saturated heterocycles. The topological polar surface area (TPSA) is 38.4 Å². The molecule has 17 heavy (non-hydrogen) atoms. The lowest BCUT2D eigenvalue weighted by Gasteiger charge is -1.93. The molecule has 1 aromatic carbocycles. The quantitative estimate of drug-likeness (QED) is 0.466. The van der Waals surface area contributed by atoms with E-state index in [1.807, 2.05) is 67.6 Å². The van der Waals surface area contributed by atoms with Gasteiger partial charge in [-0.3, -0.25) is 4.99 Å². The first-order chi connectivity index (χ1) is 8.33. The van der Waals surface area contributed by atoms with Gasteiger partial charge in [-0.1, -0.05) is 42.5 Å². The Labute approximate surface area is 103 Å². The van der Waals surface area contributed by atoms with E-state index in [1.165, 1.54) is 0 Å². The fourth-order valence-electron chi connectivity index (χ4n) is 1.18. The highest BCUT2D eigenvalue weighted by Crippen LogP contribution is 2.06. The fourth-order valence-corrected chi connectivity index (χ4v) is 1.18. The molecular weight excluding hydrogens is 208 g/mol. The van der Waals surface area contributed by atoms with E-state index in [4.69, 9.17) is 5.73 Å². The summed E-state index contributed by atoms with van der Waals surface area (Å²) in [5, 5.41) is 0. The lowest BCUT2D eigenvalue weighted by Crippen LogP contribution is -1.82. The number of benzene rings is 1. The highest BCUT2D eigenvalue weighted by molar-refractivity contribution is 5.71. The summed E-state index contributed by atoms with van der Waals surface area (Å²) in [6, 6.07) is 7.77. The van der Waals surface area contributed by atoms with Gasteiger partial charge < -0.3 is 5.73 Å². The highest BCUT2D eigenvalue weighted by atomic mass is 14.7. The number of aliphatic imine (C=N–C) groups is 1. The van der Waals surface area contributed by atoms with Crippen molar-refractivity contribution >= 4 is 18.0 Å². The summed E-state index contributed by atoms with van der Waals surface area (Å²) in [4.78, 5) is 4.07. The van der Waals surface area contributed by atoms with Crippen LogP contribution in [0.3, 0.4) is 0 Å². The van der Waals surface area contributed by atoms with Crippen LogP contribution in [-0.2, 0) is 0 Å². The van der Waals surface area contributed by atoms with Crippen LogP contribution in [-0.4, -0.2) is 12.8 Å². The molecule has 0 unspecified atom stereocenters. The van der Waals surface area contributed by atoms with E-state index in [9.17, 15) is 0 Å². The molecule has 88 valence electrons. The van der Waals surface area contributed by atoms with E-state index in [0.717, 1.165) is 17.8 Å². The van der Waals surface area contributed by atoms with Gasteiger partial charge in [0.1, 0.15) is 0 Å². The van der Waals surface area contributed by atoms with Crippen LogP contribution in [0, 0.1) is 0 Å². The van der Waals surface area contributed by atoms with Gasteiger partial charge in [-0.05, 0) is 30.7 Å². The van der Waals surface area contributed by atoms with Crippen LogP contribution in [0.5, 0.6) is 0 Å². The van der Waals surface area contributed by atoms with Gasteiger partial charge in [0, 0.05) is 18.4 Å². The van der Waals surface area contributed by atoms with Gasteiger partial charge in [0.25, 0.3) is 0 Å². The molecule has 0 spiro atoms. The van der Waals surface area contributed by atoms with Gasteiger partial charge in [0.05, 0.1) is 0 Å². The van der Waals surface area contributed by atoms with Gasteiger partial charge in [0.15, 0.2) is 0 Å². The summed E-state index contributed by atoms with van der Waals surface area (Å²) < 4.78 is 0. The number of nitrogens with zero attached hydrogens (tertiary/aromatic N) is 1. The van der Waals surface area contributed by atoms with Crippen LogP contribution >= 0.6 is 0 Å². The largest absolute Gasteiger partial charge is 0.399 e. The predicted octanol–water partition coefficient (Wildman–Crippen LogP) is 3.49. The highest BCUT2D eigenvalue weighted by Gasteiger charge is 1.84. The van der Waals surface area contributed by atoms with Crippen molar-refractivity contribution in [3.63, 3.8) is 0 Å². The number of nitrogen functional groups attached to an aromatic ring is 1. The Kier molecular flexibility index (Phi) is 6.19. The molecule has 0 amide bonds. The zero-order valence-corrected chi connectivity index (χ0v) is 10.1. The first-order valence-electron chi connectivity index (χ1n) is 5.68. The van der Waals surface area contributed by atoms with Crippen molar-refractivity contribution in [1.82, 2.24) is 0 Å². The first kappa shape index (κ1) is 13.0. The van der Waals surface area contributed by atoms with Gasteiger partial charge in [-0.25, -0.2) is 0 Å². The predicted molar refractivity (Wildman–Crippen MR) is 77.2 cm³/mol. The number of anilines is 1. The summed E-state index contributed by atoms with van der Waals surface area (Å²) in [6.45, 7) is 2.83. The molecular formula is C15H18N2. The molecule has 0 aliphatic carbocycles. The summed E-state index contributed by atoms with van der Waals surface area (Å²) in [5.41, 5.74) is 7.53. The maximum Gasteiger partial charge on any atom is 0.0360 e. The Morgan fingerprint density at radius 3 is 2.35 bits per heavy atom. The number of hydrogen-bond acceptors (Lipinski definition) is 2. The maximum absolute atomic E-state index is 5.60. The van der Waals surface area contributed by atoms with E-state index in [1.54, 1.807) is 6.21 Å². The molecule has 0 radical (unpaired) electrons. The van der Waals surface area contributed by atoms with Crippen molar-refractivity contribution in [2.45, 2.75) is 6.92 Å². The second kappa shape index (κ2) is 8.11. The van der Waals surface area contributed by atoms with E-state index in [0.29, 0.717) is 0 Å². The van der Waals surface area contributed by atoms with Crippen molar-refractivity contribution in [1.29, 1.82) is 0 Å². The van der Waals surface area contributed by atoms with Crippen LogP contribution in [0.2, 0.25) is 0 Å². The normalized spacial score (nSPS) is 12.5. The lowest BCUT2D eigenvalue weighted by atomic mass is 10.2. The molecule has 0 aromatic heterocycles. The Morgan fingerprint density at radius 1 is 1.00 bits per heavy atom. The first-order valence-corrected chi connectivity index (χ1v) is 5.68. The molecule has 0 atom stereocenters. The maximum atomic E-state index is 5.60. The second-order valence-electron chi connectivity index (χ2n) is 3.44. The standard InChI is InChI=1S/C15H18N2/c1-2-17-13-7-5-3-4-6-8-14-9-11-15(16)12-10-14/h3-13H,2,16H2,1H3/b4-3+,7-5-,8-6+,17-13?. The molecule has 0 fully saturated rings. The monoisotopic (exact) mass is 226 g/mol. The second-order valence-corrected chi connectivity index (χ2v) is 3.44. The molecule has 0 bridgehead atoms. The van der Waals surface area contributed by atoms with Crippen molar-refractivity contribution in [3.8, 4) is 0 Å². The Balaban J connectivity index is 2.39. The van der Waals surface area contributed by atoms with Crippen LogP contribution in [0.25, 0.3) is 6.08 Å². The average Bonchev–Trinajstić information content (AvgIpc) is 2.35. The van der Waals surface area contributed by atoms with Crippen LogP contribution in [0.1, 0.15) is 12.5 Å². The molecule has 1 aromatic rings. The molecule has 2 heteroatoms. The smallest absolute Gasteiger partial charge is 0.0360 e. The molecule has 2 N–H and O–H groups in total. The number of nitrogens with two attached hydrogens (primary N) is 1. The molecule has 2 nitrogen and oxygen atoms in total. The lowest BCUT2D eigenvalue weighted by molar-refractivity contribution is 1.14. The molecule has 0 heterocycles. The van der Waals surface area contributed by atoms with E-state index in [-0.39, 0.29) is 0 Å². The van der Waals surface area contributed by atoms with Crippen LogP contribution in [0.4, 0.5) is 5.69 Å². The van der Waals surface area contributed by atoms with Gasteiger partial charge >= 0.3 is 0 Å². The van der Waals surface area contributed by atoms with Gasteiger partial charge in [-0.2, -0.15) is 0 Å². The minimum atomic E-state index is 0.788. The Bertz CT molecular complexity index is 423. The van der Waals surface area contributed by atoms with Crippen molar-refractivity contribution in [2.75, 3.05) is 12.3 Å². The molecule has 0 aliphatic heterocycles. The third-order valence-corrected chi connectivity index (χ3v) is 2.04.